The summed E-state index contributed by atoms with van der Waals surface area (Å²) in [5.41, 5.74) is 1.21. The monoisotopic (exact) mass is 467 g/mol. The zero-order valence-electron chi connectivity index (χ0n) is 14.5. The number of rotatable bonds is 8. The molecule has 1 aromatic carbocycles. The van der Waals surface area contributed by atoms with Crippen molar-refractivity contribution in [1.82, 2.24) is 10.6 Å². The third kappa shape index (κ3) is 10.7. The number of nitrogens with zero attached hydrogens (tertiary/aromatic N) is 1. The zero-order valence-corrected chi connectivity index (χ0v) is 17.6. The average Bonchev–Trinajstić information content (AvgIpc) is 2.48. The van der Waals surface area contributed by atoms with Crippen LogP contribution in [0.25, 0.3) is 0 Å². The van der Waals surface area contributed by atoms with Crippen LogP contribution in [0.4, 0.5) is 0 Å². The van der Waals surface area contributed by atoms with E-state index in [1.807, 2.05) is 45.0 Å². The first-order chi connectivity index (χ1) is 11.0. The number of hydrogen-bond acceptors (Lipinski definition) is 3. The second kappa shape index (κ2) is 13.3. The second-order valence-electron chi connectivity index (χ2n) is 5.35. The Morgan fingerprint density at radius 2 is 1.92 bits per heavy atom. The van der Waals surface area contributed by atoms with Gasteiger partial charge in [-0.15, -0.1) is 24.0 Å². The molecule has 0 saturated heterocycles. The van der Waals surface area contributed by atoms with Crippen molar-refractivity contribution in [1.29, 1.82) is 0 Å². The third-order valence-electron chi connectivity index (χ3n) is 2.92. The van der Waals surface area contributed by atoms with E-state index in [0.717, 1.165) is 24.5 Å². The Hall–Kier alpha value is -1.02. The molecule has 0 fully saturated rings. The molecule has 0 aliphatic carbocycles. The van der Waals surface area contributed by atoms with Gasteiger partial charge in [-0.05, 0) is 44.9 Å². The Labute approximate surface area is 166 Å². The maximum atomic E-state index is 11.5. The lowest BCUT2D eigenvalue weighted by molar-refractivity contribution is -0.147. The van der Waals surface area contributed by atoms with Crippen molar-refractivity contribution in [3.63, 3.8) is 0 Å². The largest absolute Gasteiger partial charge is 0.463 e. The minimum atomic E-state index is -0.222. The van der Waals surface area contributed by atoms with Crippen LogP contribution in [0.2, 0.25) is 5.02 Å². The molecule has 0 radical (unpaired) electrons. The van der Waals surface area contributed by atoms with Crippen LogP contribution in [0.1, 0.15) is 32.8 Å². The summed E-state index contributed by atoms with van der Waals surface area (Å²) in [6.45, 7) is 7.60. The second-order valence-corrected chi connectivity index (χ2v) is 5.79. The van der Waals surface area contributed by atoms with Crippen LogP contribution in [-0.4, -0.2) is 37.7 Å². The van der Waals surface area contributed by atoms with Crippen molar-refractivity contribution < 1.29 is 9.53 Å². The maximum absolute atomic E-state index is 11.5. The minimum Gasteiger partial charge on any atom is -0.463 e. The molecule has 0 aromatic heterocycles. The lowest BCUT2D eigenvalue weighted by Gasteiger charge is -2.11. The molecule has 0 unspecified atom stereocenters. The van der Waals surface area contributed by atoms with Gasteiger partial charge in [-0.3, -0.25) is 9.79 Å². The van der Waals surface area contributed by atoms with Gasteiger partial charge in [0.1, 0.15) is 0 Å². The molecule has 5 nitrogen and oxygen atoms in total. The fourth-order valence-corrected chi connectivity index (χ4v) is 2.02. The van der Waals surface area contributed by atoms with E-state index in [-0.39, 0.29) is 42.5 Å². The highest BCUT2D eigenvalue weighted by Gasteiger charge is 2.05. The van der Waals surface area contributed by atoms with E-state index < -0.39 is 0 Å². The van der Waals surface area contributed by atoms with E-state index in [1.54, 1.807) is 0 Å². The van der Waals surface area contributed by atoms with Crippen LogP contribution in [-0.2, 0) is 16.0 Å². The molecule has 0 amide bonds. The lowest BCUT2D eigenvalue weighted by atomic mass is 10.1. The molecule has 2 N–H and O–H groups in total. The van der Waals surface area contributed by atoms with E-state index in [4.69, 9.17) is 16.3 Å². The summed E-state index contributed by atoms with van der Waals surface area (Å²) in [5.74, 6) is 0.486. The Kier molecular flexibility index (Phi) is 12.7. The van der Waals surface area contributed by atoms with Crippen molar-refractivity contribution >= 4 is 47.5 Å². The fraction of sp³-hybridized carbons (Fsp3) is 0.529. The summed E-state index contributed by atoms with van der Waals surface area (Å²) in [7, 11) is 0. The Morgan fingerprint density at radius 1 is 1.25 bits per heavy atom. The summed E-state index contributed by atoms with van der Waals surface area (Å²) in [6.07, 6.45) is 1.07. The molecule has 0 bridgehead atoms. The molecule has 136 valence electrons. The topological polar surface area (TPSA) is 62.7 Å². The number of esters is 1. The third-order valence-corrected chi connectivity index (χ3v) is 3.17. The van der Waals surface area contributed by atoms with E-state index in [0.29, 0.717) is 12.5 Å². The molecule has 0 spiro atoms. The van der Waals surface area contributed by atoms with Crippen molar-refractivity contribution in [2.24, 2.45) is 4.99 Å². The molecule has 1 aromatic rings. The van der Waals surface area contributed by atoms with E-state index in [1.165, 1.54) is 5.56 Å². The first kappa shape index (κ1) is 23.0. The summed E-state index contributed by atoms with van der Waals surface area (Å²) in [6, 6.07) is 7.79. The average molecular weight is 468 g/mol. The number of benzene rings is 1. The molecule has 7 heteroatoms. The number of nitrogens with one attached hydrogen (secondary N) is 2. The first-order valence-electron chi connectivity index (χ1n) is 7.97. The van der Waals surface area contributed by atoms with E-state index >= 15 is 0 Å². The molecule has 0 atom stereocenters. The highest BCUT2D eigenvalue weighted by atomic mass is 127. The normalized spacial score (nSPS) is 11.0. The van der Waals surface area contributed by atoms with Gasteiger partial charge in [0, 0.05) is 18.1 Å². The summed E-state index contributed by atoms with van der Waals surface area (Å²) >= 11 is 5.87. The van der Waals surface area contributed by atoms with Crippen molar-refractivity contribution in [2.45, 2.75) is 39.7 Å². The van der Waals surface area contributed by atoms with Crippen LogP contribution in [0.5, 0.6) is 0 Å². The number of halogens is 2. The van der Waals surface area contributed by atoms with Gasteiger partial charge >= 0.3 is 5.97 Å². The number of guanidine groups is 1. The Balaban J connectivity index is 0.00000529. The van der Waals surface area contributed by atoms with Gasteiger partial charge in [0.15, 0.2) is 5.96 Å². The molecule has 24 heavy (non-hydrogen) atoms. The fourth-order valence-electron chi connectivity index (χ4n) is 1.90. The highest BCUT2D eigenvalue weighted by Crippen LogP contribution is 2.09. The molecule has 0 aliphatic rings. The molecular formula is C17H27ClIN3O2. The predicted molar refractivity (Wildman–Crippen MR) is 110 cm³/mol. The predicted octanol–water partition coefficient (Wildman–Crippen LogP) is 3.40. The molecule has 0 aliphatic heterocycles. The number of aliphatic imine (C=N–C) groups is 1. The van der Waals surface area contributed by atoms with Crippen LogP contribution < -0.4 is 10.6 Å². The van der Waals surface area contributed by atoms with Gasteiger partial charge in [0.25, 0.3) is 0 Å². The number of carbonyl (C=O) groups is 1. The molecule has 0 saturated carbocycles. The number of hydrogen-bond donors (Lipinski definition) is 2. The van der Waals surface area contributed by atoms with Gasteiger partial charge < -0.3 is 15.4 Å². The van der Waals surface area contributed by atoms with Crippen molar-refractivity contribution in [3.05, 3.63) is 34.9 Å². The Bertz CT molecular complexity index is 507. The van der Waals surface area contributed by atoms with Gasteiger partial charge in [0.2, 0.25) is 0 Å². The van der Waals surface area contributed by atoms with Crippen LogP contribution in [0.15, 0.2) is 29.3 Å². The SMILES string of the molecule is CCNC(=NCCC(=O)OC(C)C)NCCc1ccc(Cl)cc1.I. The molecular weight excluding hydrogens is 441 g/mol. The summed E-state index contributed by atoms with van der Waals surface area (Å²) in [4.78, 5) is 15.9. The maximum Gasteiger partial charge on any atom is 0.307 e. The minimum absolute atomic E-state index is 0. The highest BCUT2D eigenvalue weighted by molar-refractivity contribution is 14.0. The van der Waals surface area contributed by atoms with E-state index in [9.17, 15) is 4.79 Å². The van der Waals surface area contributed by atoms with Gasteiger partial charge in [-0.1, -0.05) is 23.7 Å². The van der Waals surface area contributed by atoms with Crippen molar-refractivity contribution in [2.75, 3.05) is 19.6 Å². The van der Waals surface area contributed by atoms with Crippen molar-refractivity contribution in [3.8, 4) is 0 Å². The quantitative estimate of drug-likeness (QED) is 0.266. The standard InChI is InChI=1S/C17H26ClN3O2.HI/c1-4-19-17(21-12-10-16(22)23-13(2)3)20-11-9-14-5-7-15(18)8-6-14;/h5-8,13H,4,9-12H2,1-3H3,(H2,19,20,21);1H. The summed E-state index contributed by atoms with van der Waals surface area (Å²) < 4.78 is 5.08. The van der Waals surface area contributed by atoms with Gasteiger partial charge in [-0.25, -0.2) is 0 Å². The van der Waals surface area contributed by atoms with Crippen LogP contribution in [0, 0.1) is 0 Å². The lowest BCUT2D eigenvalue weighted by Crippen LogP contribution is -2.38. The Morgan fingerprint density at radius 3 is 2.50 bits per heavy atom. The van der Waals surface area contributed by atoms with Crippen LogP contribution >= 0.6 is 35.6 Å². The molecule has 0 heterocycles. The summed E-state index contributed by atoms with van der Waals surface area (Å²) in [5, 5.41) is 7.15. The van der Waals surface area contributed by atoms with Gasteiger partial charge in [-0.2, -0.15) is 0 Å². The molecule has 1 rings (SSSR count). The van der Waals surface area contributed by atoms with Gasteiger partial charge in [0.05, 0.1) is 19.1 Å². The number of ether oxygens (including phenoxy) is 1. The van der Waals surface area contributed by atoms with E-state index in [2.05, 4.69) is 15.6 Å². The first-order valence-corrected chi connectivity index (χ1v) is 8.35. The number of carbonyl (C=O) groups excluding carboxylic acids is 1. The zero-order chi connectivity index (χ0) is 17.1. The smallest absolute Gasteiger partial charge is 0.307 e. The van der Waals surface area contributed by atoms with Crippen LogP contribution in [0.3, 0.4) is 0 Å².